The Kier molecular flexibility index (Phi) is 7.24. The molecule has 0 aromatic rings. The van der Waals surface area contributed by atoms with Crippen LogP contribution in [-0.4, -0.2) is 55.0 Å². The van der Waals surface area contributed by atoms with E-state index in [1.807, 2.05) is 0 Å². The van der Waals surface area contributed by atoms with Crippen molar-refractivity contribution in [1.82, 2.24) is 4.90 Å². The molecule has 0 aliphatic heterocycles. The average molecular weight is 311 g/mol. The molecule has 0 saturated heterocycles. The van der Waals surface area contributed by atoms with E-state index >= 15 is 0 Å². The molecular weight excluding hydrogens is 286 g/mol. The van der Waals surface area contributed by atoms with Gasteiger partial charge in [-0.2, -0.15) is 0 Å². The number of rotatable bonds is 8. The maximum atomic E-state index is 12.6. The highest BCUT2D eigenvalue weighted by Crippen LogP contribution is 2.32. The van der Waals surface area contributed by atoms with E-state index in [2.05, 4.69) is 6.58 Å². The molecular formula is C16H25NO5. The van der Waals surface area contributed by atoms with Gasteiger partial charge in [0.05, 0.1) is 6.61 Å². The second kappa shape index (κ2) is 8.68. The molecule has 0 unspecified atom stereocenters. The summed E-state index contributed by atoms with van der Waals surface area (Å²) in [6, 6.07) is 0. The van der Waals surface area contributed by atoms with Crippen LogP contribution in [0.4, 0.5) is 0 Å². The lowest BCUT2D eigenvalue weighted by Crippen LogP contribution is -2.52. The van der Waals surface area contributed by atoms with Crippen LogP contribution in [0.25, 0.3) is 0 Å². The number of amides is 1. The van der Waals surface area contributed by atoms with Crippen LogP contribution < -0.4 is 0 Å². The molecule has 0 N–H and O–H groups in total. The molecule has 0 aromatic carbocycles. The number of ketones is 1. The lowest BCUT2D eigenvalue weighted by molar-refractivity contribution is -0.161. The van der Waals surface area contributed by atoms with E-state index in [4.69, 9.17) is 9.47 Å². The van der Waals surface area contributed by atoms with Crippen LogP contribution in [0.1, 0.15) is 39.0 Å². The zero-order valence-electron chi connectivity index (χ0n) is 13.4. The van der Waals surface area contributed by atoms with Gasteiger partial charge in [-0.1, -0.05) is 25.3 Å². The summed E-state index contributed by atoms with van der Waals surface area (Å²) >= 11 is 0. The molecule has 1 aliphatic rings. The number of methoxy groups -OCH3 is 1. The van der Waals surface area contributed by atoms with Crippen LogP contribution >= 0.6 is 0 Å². The van der Waals surface area contributed by atoms with Gasteiger partial charge in [0, 0.05) is 13.7 Å². The molecule has 0 atom stereocenters. The first-order chi connectivity index (χ1) is 10.5. The van der Waals surface area contributed by atoms with Gasteiger partial charge in [0.1, 0.15) is 12.1 Å². The number of hydrogen-bond acceptors (Lipinski definition) is 5. The Morgan fingerprint density at radius 2 is 1.86 bits per heavy atom. The molecule has 0 aromatic heterocycles. The monoisotopic (exact) mass is 311 g/mol. The number of hydrogen-bond donors (Lipinski definition) is 0. The molecule has 124 valence electrons. The molecule has 0 bridgehead atoms. The zero-order chi connectivity index (χ0) is 16.6. The predicted octanol–water partition coefficient (Wildman–Crippen LogP) is 1.48. The first-order valence-corrected chi connectivity index (χ1v) is 7.66. The highest BCUT2D eigenvalue weighted by atomic mass is 16.5. The number of nitrogens with zero attached hydrogens (tertiary/aromatic N) is 1. The van der Waals surface area contributed by atoms with E-state index in [0.717, 1.165) is 24.2 Å². The van der Waals surface area contributed by atoms with E-state index in [0.29, 0.717) is 12.8 Å². The van der Waals surface area contributed by atoms with Crippen molar-refractivity contribution in [2.75, 3.05) is 26.8 Å². The molecule has 6 heteroatoms. The van der Waals surface area contributed by atoms with Gasteiger partial charge in [0.25, 0.3) is 11.7 Å². The lowest BCUT2D eigenvalue weighted by Gasteiger charge is -2.35. The molecule has 0 spiro atoms. The molecule has 1 saturated carbocycles. The zero-order valence-corrected chi connectivity index (χ0v) is 13.4. The summed E-state index contributed by atoms with van der Waals surface area (Å²) in [7, 11) is 1.46. The maximum absolute atomic E-state index is 12.6. The van der Waals surface area contributed by atoms with E-state index in [1.54, 1.807) is 6.92 Å². The summed E-state index contributed by atoms with van der Waals surface area (Å²) in [4.78, 5) is 37.8. The quantitative estimate of drug-likeness (QED) is 0.386. The molecule has 0 heterocycles. The first kappa shape index (κ1) is 18.4. The van der Waals surface area contributed by atoms with Crippen molar-refractivity contribution in [3.63, 3.8) is 0 Å². The van der Waals surface area contributed by atoms with E-state index < -0.39 is 23.3 Å². The van der Waals surface area contributed by atoms with Crippen LogP contribution in [0.5, 0.6) is 0 Å². The minimum atomic E-state index is -1.05. The Labute approximate surface area is 131 Å². The minimum absolute atomic E-state index is 0.114. The van der Waals surface area contributed by atoms with Gasteiger partial charge >= 0.3 is 5.97 Å². The third-order valence-electron chi connectivity index (χ3n) is 3.92. The molecule has 1 aliphatic carbocycles. The highest BCUT2D eigenvalue weighted by molar-refractivity contribution is 6.39. The van der Waals surface area contributed by atoms with E-state index in [-0.39, 0.29) is 19.7 Å². The summed E-state index contributed by atoms with van der Waals surface area (Å²) in [5, 5.41) is 0. The van der Waals surface area contributed by atoms with Crippen molar-refractivity contribution >= 4 is 17.7 Å². The molecule has 6 nitrogen and oxygen atoms in total. The van der Waals surface area contributed by atoms with Crippen LogP contribution in [0.2, 0.25) is 0 Å². The number of esters is 1. The van der Waals surface area contributed by atoms with Crippen molar-refractivity contribution in [3.05, 3.63) is 12.7 Å². The molecule has 1 amide bonds. The van der Waals surface area contributed by atoms with Crippen molar-refractivity contribution in [2.24, 2.45) is 0 Å². The van der Waals surface area contributed by atoms with E-state index in [1.165, 1.54) is 13.2 Å². The smallest absolute Gasteiger partial charge is 0.325 e. The SMILES string of the molecule is C=CCN(CC(=O)OCC)C(=O)C(=O)C1(OC)CCCCC1. The van der Waals surface area contributed by atoms with Crippen LogP contribution in [0.3, 0.4) is 0 Å². The topological polar surface area (TPSA) is 72.9 Å². The summed E-state index contributed by atoms with van der Waals surface area (Å²) in [5.74, 6) is -1.84. The Hall–Kier alpha value is -1.69. The van der Waals surface area contributed by atoms with E-state index in [9.17, 15) is 14.4 Å². The van der Waals surface area contributed by atoms with Gasteiger partial charge in [0.15, 0.2) is 0 Å². The molecule has 22 heavy (non-hydrogen) atoms. The fraction of sp³-hybridized carbons (Fsp3) is 0.688. The third-order valence-corrected chi connectivity index (χ3v) is 3.92. The lowest BCUT2D eigenvalue weighted by atomic mass is 9.81. The molecule has 1 fully saturated rings. The Balaban J connectivity index is 2.84. The summed E-state index contributed by atoms with van der Waals surface area (Å²) in [6.07, 6.45) is 5.29. The fourth-order valence-electron chi connectivity index (χ4n) is 2.72. The predicted molar refractivity (Wildman–Crippen MR) is 81.2 cm³/mol. The summed E-state index contributed by atoms with van der Waals surface area (Å²) in [6.45, 7) is 5.32. The van der Waals surface area contributed by atoms with Gasteiger partial charge in [-0.15, -0.1) is 6.58 Å². The Bertz CT molecular complexity index is 426. The highest BCUT2D eigenvalue weighted by Gasteiger charge is 2.44. The van der Waals surface area contributed by atoms with Crippen molar-refractivity contribution < 1.29 is 23.9 Å². The number of carbonyl (C=O) groups is 3. The summed E-state index contributed by atoms with van der Waals surface area (Å²) in [5.41, 5.74) is -1.05. The van der Waals surface area contributed by atoms with Gasteiger partial charge in [-0.05, 0) is 19.8 Å². The summed E-state index contributed by atoms with van der Waals surface area (Å²) < 4.78 is 10.2. The van der Waals surface area contributed by atoms with Crippen molar-refractivity contribution in [1.29, 1.82) is 0 Å². The van der Waals surface area contributed by atoms with Crippen molar-refractivity contribution in [2.45, 2.75) is 44.6 Å². The Morgan fingerprint density at radius 3 is 2.36 bits per heavy atom. The molecule has 0 radical (unpaired) electrons. The van der Waals surface area contributed by atoms with Crippen LogP contribution in [0, 0.1) is 0 Å². The second-order valence-corrected chi connectivity index (χ2v) is 5.37. The largest absolute Gasteiger partial charge is 0.465 e. The van der Waals surface area contributed by atoms with Gasteiger partial charge in [-0.3, -0.25) is 14.4 Å². The number of ether oxygens (including phenoxy) is 2. The van der Waals surface area contributed by atoms with Crippen LogP contribution in [-0.2, 0) is 23.9 Å². The third kappa shape index (κ3) is 4.40. The number of carbonyl (C=O) groups excluding carboxylic acids is 3. The van der Waals surface area contributed by atoms with Gasteiger partial charge in [-0.25, -0.2) is 0 Å². The maximum Gasteiger partial charge on any atom is 0.325 e. The average Bonchev–Trinajstić information content (AvgIpc) is 2.54. The molecule has 1 rings (SSSR count). The minimum Gasteiger partial charge on any atom is -0.465 e. The van der Waals surface area contributed by atoms with Gasteiger partial charge in [0.2, 0.25) is 0 Å². The first-order valence-electron chi connectivity index (χ1n) is 7.66. The normalized spacial score (nSPS) is 16.6. The van der Waals surface area contributed by atoms with Gasteiger partial charge < -0.3 is 14.4 Å². The fourth-order valence-corrected chi connectivity index (χ4v) is 2.72. The van der Waals surface area contributed by atoms with Crippen molar-refractivity contribution in [3.8, 4) is 0 Å². The standard InChI is InChI=1S/C16H25NO5/c1-4-11-17(12-13(18)22-5-2)15(20)14(19)16(21-3)9-7-6-8-10-16/h4H,1,5-12H2,2-3H3. The van der Waals surface area contributed by atoms with Crippen LogP contribution in [0.15, 0.2) is 12.7 Å². The second-order valence-electron chi connectivity index (χ2n) is 5.37. The Morgan fingerprint density at radius 1 is 1.23 bits per heavy atom. The number of Topliss-reactive ketones (excluding diaryl/α,β-unsaturated/α-hetero) is 1.